The van der Waals surface area contributed by atoms with Gasteiger partial charge in [-0.2, -0.15) is 0 Å². The van der Waals surface area contributed by atoms with Crippen LogP contribution in [0.25, 0.3) is 0 Å². The Morgan fingerprint density at radius 3 is 2.32 bits per heavy atom. The zero-order valence-corrected chi connectivity index (χ0v) is 17.5. The molecule has 4 rings (SSSR count). The molecule has 0 saturated carbocycles. The van der Waals surface area contributed by atoms with Crippen molar-refractivity contribution in [2.75, 3.05) is 6.54 Å². The van der Waals surface area contributed by atoms with Crippen LogP contribution in [0.15, 0.2) is 60.0 Å². The fraction of sp³-hybridized carbons (Fsp3) is 0.208. The predicted octanol–water partition coefficient (Wildman–Crippen LogP) is 4.39. The summed E-state index contributed by atoms with van der Waals surface area (Å²) in [6, 6.07) is 13.5. The molecular weight excluding hydrogens is 417 g/mol. The van der Waals surface area contributed by atoms with Gasteiger partial charge >= 0.3 is 5.97 Å². The molecule has 0 radical (unpaired) electrons. The molecule has 1 amide bonds. The molecule has 1 aromatic heterocycles. The highest BCUT2D eigenvalue weighted by Gasteiger charge is 2.22. The van der Waals surface area contributed by atoms with E-state index in [1.165, 1.54) is 46.8 Å². The van der Waals surface area contributed by atoms with E-state index in [-0.39, 0.29) is 24.5 Å². The largest absolute Gasteiger partial charge is 0.427 e. The maximum Gasteiger partial charge on any atom is 0.311 e. The van der Waals surface area contributed by atoms with Crippen molar-refractivity contribution in [1.82, 2.24) is 4.90 Å². The molecule has 2 heterocycles. The predicted molar refractivity (Wildman–Crippen MR) is 115 cm³/mol. The lowest BCUT2D eigenvalue weighted by molar-refractivity contribution is -0.139. The van der Waals surface area contributed by atoms with Crippen LogP contribution in [0, 0.1) is 5.82 Å². The molecule has 3 aromatic rings. The number of rotatable bonds is 6. The van der Waals surface area contributed by atoms with Gasteiger partial charge in [-0.3, -0.25) is 14.4 Å². The molecule has 2 aromatic carbocycles. The average Bonchev–Trinajstić information content (AvgIpc) is 3.26. The number of hydrogen-bond donors (Lipinski definition) is 0. The van der Waals surface area contributed by atoms with Crippen LogP contribution in [0.4, 0.5) is 4.39 Å². The highest BCUT2D eigenvalue weighted by molar-refractivity contribution is 7.10. The van der Waals surface area contributed by atoms with Crippen LogP contribution in [0.3, 0.4) is 0 Å². The second kappa shape index (κ2) is 9.22. The van der Waals surface area contributed by atoms with Crippen LogP contribution in [-0.4, -0.2) is 29.1 Å². The van der Waals surface area contributed by atoms with Crippen LogP contribution in [-0.2, 0) is 22.6 Å². The minimum absolute atomic E-state index is 0.0118. The van der Waals surface area contributed by atoms with Crippen molar-refractivity contribution in [2.24, 2.45) is 0 Å². The number of ether oxygens (including phenoxy) is 1. The first kappa shape index (κ1) is 20.9. The van der Waals surface area contributed by atoms with Gasteiger partial charge in [0.15, 0.2) is 5.78 Å². The normalized spacial score (nSPS) is 12.9. The first-order valence-electron chi connectivity index (χ1n) is 9.93. The Bertz CT molecular complexity index is 1110. The summed E-state index contributed by atoms with van der Waals surface area (Å²) in [6.07, 6.45) is 0.938. The smallest absolute Gasteiger partial charge is 0.311 e. The van der Waals surface area contributed by atoms with E-state index >= 15 is 0 Å². The number of halogens is 1. The number of thiophene rings is 1. The van der Waals surface area contributed by atoms with Gasteiger partial charge in [0.05, 0.1) is 6.42 Å². The van der Waals surface area contributed by atoms with Gasteiger partial charge in [-0.05, 0) is 72.0 Å². The number of carbonyl (C=O) groups is 3. The summed E-state index contributed by atoms with van der Waals surface area (Å²) in [4.78, 5) is 40.1. The Hall–Kier alpha value is -3.32. The summed E-state index contributed by atoms with van der Waals surface area (Å²) in [6.45, 7) is 1.27. The second-order valence-corrected chi connectivity index (χ2v) is 8.27. The summed E-state index contributed by atoms with van der Waals surface area (Å²) in [5.41, 5.74) is 1.96. The molecule has 0 bridgehead atoms. The Labute approximate surface area is 183 Å². The standard InChI is InChI=1S/C24H20FNO4S/c25-19-5-1-16(2-6-19)24(29)17-3-7-20(8-4-17)30-23(28)10-9-22(27)26-13-11-21-18(15-26)12-14-31-21/h1-8,12,14H,9-11,13,15H2. The van der Waals surface area contributed by atoms with E-state index in [9.17, 15) is 18.8 Å². The van der Waals surface area contributed by atoms with Crippen molar-refractivity contribution in [2.45, 2.75) is 25.8 Å². The maximum absolute atomic E-state index is 13.0. The highest BCUT2D eigenvalue weighted by Crippen LogP contribution is 2.24. The third-order valence-electron chi connectivity index (χ3n) is 5.16. The molecule has 0 N–H and O–H groups in total. The molecule has 1 aliphatic rings. The second-order valence-electron chi connectivity index (χ2n) is 7.27. The number of esters is 1. The molecule has 31 heavy (non-hydrogen) atoms. The van der Waals surface area contributed by atoms with Gasteiger partial charge in [-0.15, -0.1) is 11.3 Å². The Morgan fingerprint density at radius 2 is 1.61 bits per heavy atom. The van der Waals surface area contributed by atoms with Gasteiger partial charge in [0, 0.05) is 35.5 Å². The van der Waals surface area contributed by atoms with Crippen LogP contribution < -0.4 is 4.74 Å². The number of ketones is 1. The van der Waals surface area contributed by atoms with Crippen molar-refractivity contribution in [3.63, 3.8) is 0 Å². The number of benzene rings is 2. The van der Waals surface area contributed by atoms with Crippen molar-refractivity contribution < 1.29 is 23.5 Å². The molecule has 0 spiro atoms. The minimum atomic E-state index is -0.501. The van der Waals surface area contributed by atoms with Gasteiger partial charge in [0.2, 0.25) is 5.91 Å². The van der Waals surface area contributed by atoms with Crippen molar-refractivity contribution in [1.29, 1.82) is 0 Å². The molecule has 1 aliphatic heterocycles. The van der Waals surface area contributed by atoms with Crippen LogP contribution in [0.2, 0.25) is 0 Å². The summed E-state index contributed by atoms with van der Waals surface area (Å²) in [7, 11) is 0. The number of carbonyl (C=O) groups excluding carboxylic acids is 3. The quantitative estimate of drug-likeness (QED) is 0.326. The third-order valence-corrected chi connectivity index (χ3v) is 6.18. The summed E-state index contributed by atoms with van der Waals surface area (Å²) < 4.78 is 18.3. The summed E-state index contributed by atoms with van der Waals surface area (Å²) >= 11 is 1.71. The van der Waals surface area contributed by atoms with E-state index < -0.39 is 11.8 Å². The molecule has 5 nitrogen and oxygen atoms in total. The zero-order valence-electron chi connectivity index (χ0n) is 16.7. The summed E-state index contributed by atoms with van der Waals surface area (Å²) in [5.74, 6) is -0.921. The van der Waals surface area contributed by atoms with Gasteiger partial charge in [-0.1, -0.05) is 0 Å². The average molecular weight is 437 g/mol. The SMILES string of the molecule is O=C(CCC(=O)N1CCc2sccc2C1)Oc1ccc(C(=O)c2ccc(F)cc2)cc1. The summed E-state index contributed by atoms with van der Waals surface area (Å²) in [5, 5.41) is 2.04. The third kappa shape index (κ3) is 5.06. The highest BCUT2D eigenvalue weighted by atomic mass is 32.1. The van der Waals surface area contributed by atoms with E-state index in [0.717, 1.165) is 6.42 Å². The molecule has 0 fully saturated rings. The van der Waals surface area contributed by atoms with Gasteiger partial charge in [0.25, 0.3) is 0 Å². The fourth-order valence-electron chi connectivity index (χ4n) is 3.45. The number of fused-ring (bicyclic) bond motifs is 1. The molecular formula is C24H20FNO4S. The van der Waals surface area contributed by atoms with E-state index in [1.54, 1.807) is 28.4 Å². The maximum atomic E-state index is 13.0. The van der Waals surface area contributed by atoms with Crippen LogP contribution >= 0.6 is 11.3 Å². The van der Waals surface area contributed by atoms with E-state index in [1.807, 2.05) is 11.4 Å². The zero-order chi connectivity index (χ0) is 21.8. The van der Waals surface area contributed by atoms with E-state index in [2.05, 4.69) is 0 Å². The Balaban J connectivity index is 1.27. The molecule has 7 heteroatoms. The number of hydrogen-bond acceptors (Lipinski definition) is 5. The van der Waals surface area contributed by atoms with Crippen LogP contribution in [0.5, 0.6) is 5.75 Å². The molecule has 158 valence electrons. The topological polar surface area (TPSA) is 63.7 Å². The molecule has 0 saturated heterocycles. The minimum Gasteiger partial charge on any atom is -0.427 e. The Morgan fingerprint density at radius 1 is 0.935 bits per heavy atom. The van der Waals surface area contributed by atoms with Crippen molar-refractivity contribution in [3.05, 3.63) is 87.4 Å². The number of nitrogens with zero attached hydrogens (tertiary/aromatic N) is 1. The Kier molecular flexibility index (Phi) is 6.23. The molecule has 0 unspecified atom stereocenters. The van der Waals surface area contributed by atoms with Crippen molar-refractivity contribution >= 4 is 29.0 Å². The van der Waals surface area contributed by atoms with E-state index in [4.69, 9.17) is 4.74 Å². The lowest BCUT2D eigenvalue weighted by Gasteiger charge is -2.27. The van der Waals surface area contributed by atoms with Crippen LogP contribution in [0.1, 0.15) is 39.2 Å². The first-order valence-corrected chi connectivity index (χ1v) is 10.8. The lowest BCUT2D eigenvalue weighted by atomic mass is 10.0. The van der Waals surface area contributed by atoms with E-state index in [0.29, 0.717) is 30.0 Å². The van der Waals surface area contributed by atoms with Gasteiger partial charge in [0.1, 0.15) is 11.6 Å². The molecule has 0 aliphatic carbocycles. The van der Waals surface area contributed by atoms with Gasteiger partial charge < -0.3 is 9.64 Å². The first-order chi connectivity index (χ1) is 15.0. The monoisotopic (exact) mass is 437 g/mol. The van der Waals surface area contributed by atoms with Crippen molar-refractivity contribution in [3.8, 4) is 5.75 Å². The lowest BCUT2D eigenvalue weighted by Crippen LogP contribution is -2.35. The number of amides is 1. The fourth-order valence-corrected chi connectivity index (χ4v) is 4.34. The van der Waals surface area contributed by atoms with Gasteiger partial charge in [-0.25, -0.2) is 4.39 Å². The molecule has 0 atom stereocenters.